The molecule has 1 saturated heterocycles. The molecule has 0 radical (unpaired) electrons. The Labute approximate surface area is 142 Å². The molecule has 1 fully saturated rings. The third kappa shape index (κ3) is 3.22. The molecule has 5 nitrogen and oxygen atoms in total. The normalized spacial score (nSPS) is 21.9. The van der Waals surface area contributed by atoms with Gasteiger partial charge in [-0.25, -0.2) is 0 Å². The Morgan fingerprint density at radius 3 is 2.79 bits per heavy atom. The second-order valence-electron chi connectivity index (χ2n) is 6.65. The van der Waals surface area contributed by atoms with Crippen LogP contribution in [-0.4, -0.2) is 35.6 Å². The van der Waals surface area contributed by atoms with Crippen LogP contribution in [0.1, 0.15) is 53.9 Å². The van der Waals surface area contributed by atoms with Crippen molar-refractivity contribution >= 4 is 5.91 Å². The zero-order valence-corrected chi connectivity index (χ0v) is 14.3. The van der Waals surface area contributed by atoms with Crippen molar-refractivity contribution in [2.75, 3.05) is 19.6 Å². The van der Waals surface area contributed by atoms with Gasteiger partial charge in [-0.3, -0.25) is 4.79 Å². The molecule has 0 saturated carbocycles. The number of aromatic nitrogens is 1. The average Bonchev–Trinajstić information content (AvgIpc) is 3.28. The second-order valence-corrected chi connectivity index (χ2v) is 6.65. The topological polar surface area (TPSA) is 72.4 Å². The van der Waals surface area contributed by atoms with Gasteiger partial charge in [0, 0.05) is 31.0 Å². The molecule has 0 bridgehead atoms. The van der Waals surface area contributed by atoms with Crippen molar-refractivity contribution < 1.29 is 9.32 Å². The van der Waals surface area contributed by atoms with E-state index in [9.17, 15) is 4.79 Å². The Balaban J connectivity index is 1.75. The lowest BCUT2D eigenvalue weighted by Crippen LogP contribution is -2.29. The number of benzene rings is 1. The quantitative estimate of drug-likeness (QED) is 0.916. The number of nitrogens with zero attached hydrogens (tertiary/aromatic N) is 2. The van der Waals surface area contributed by atoms with Gasteiger partial charge >= 0.3 is 0 Å². The first kappa shape index (κ1) is 16.7. The van der Waals surface area contributed by atoms with E-state index in [-0.39, 0.29) is 17.7 Å². The van der Waals surface area contributed by atoms with Gasteiger partial charge in [-0.1, -0.05) is 49.3 Å². The van der Waals surface area contributed by atoms with Crippen LogP contribution in [0.4, 0.5) is 0 Å². The number of hydrogen-bond donors (Lipinski definition) is 1. The molecular weight excluding hydrogens is 302 g/mol. The molecule has 1 aliphatic rings. The van der Waals surface area contributed by atoms with Crippen LogP contribution in [0.25, 0.3) is 0 Å². The van der Waals surface area contributed by atoms with E-state index < -0.39 is 0 Å². The van der Waals surface area contributed by atoms with Gasteiger partial charge in [-0.05, 0) is 24.4 Å². The minimum atomic E-state index is -0.0889. The van der Waals surface area contributed by atoms with E-state index in [1.807, 2.05) is 23.1 Å². The molecule has 1 aromatic carbocycles. The number of carbonyl (C=O) groups excluding carboxylic acids is 1. The van der Waals surface area contributed by atoms with Gasteiger partial charge in [0.05, 0.1) is 5.69 Å². The van der Waals surface area contributed by atoms with E-state index in [2.05, 4.69) is 31.1 Å². The Kier molecular flexibility index (Phi) is 5.00. The Morgan fingerprint density at radius 1 is 1.38 bits per heavy atom. The summed E-state index contributed by atoms with van der Waals surface area (Å²) in [5.74, 6) is 1.08. The van der Waals surface area contributed by atoms with Crippen molar-refractivity contribution in [1.29, 1.82) is 0 Å². The number of nitrogens with two attached hydrogens (primary N) is 1. The molecule has 3 rings (SSSR count). The van der Waals surface area contributed by atoms with Crippen LogP contribution in [0.15, 0.2) is 40.9 Å². The Morgan fingerprint density at radius 2 is 2.12 bits per heavy atom. The Hall–Kier alpha value is -2.14. The highest BCUT2D eigenvalue weighted by Gasteiger charge is 2.36. The van der Waals surface area contributed by atoms with Crippen molar-refractivity contribution in [1.82, 2.24) is 10.1 Å². The van der Waals surface area contributed by atoms with Crippen molar-refractivity contribution in [3.63, 3.8) is 0 Å². The monoisotopic (exact) mass is 327 g/mol. The van der Waals surface area contributed by atoms with E-state index in [0.29, 0.717) is 31.3 Å². The molecule has 5 heteroatoms. The molecule has 1 unspecified atom stereocenters. The fourth-order valence-electron chi connectivity index (χ4n) is 3.34. The smallest absolute Gasteiger partial charge is 0.292 e. The number of rotatable bonds is 5. The molecule has 0 spiro atoms. The lowest BCUT2D eigenvalue weighted by molar-refractivity contribution is 0.0744. The molecule has 2 N–H and O–H groups in total. The summed E-state index contributed by atoms with van der Waals surface area (Å²) >= 11 is 0. The van der Waals surface area contributed by atoms with Gasteiger partial charge in [-0.15, -0.1) is 0 Å². The lowest BCUT2D eigenvalue weighted by atomic mass is 9.89. The third-order valence-corrected chi connectivity index (χ3v) is 5.12. The standard InChI is InChI=1S/C19H25N3O2/c1-3-13(2)17-9-18(24-21-17)19(23)22-11-15(10-20)16(12-22)14-7-5-4-6-8-14/h4-9,13,15-16H,3,10-12,20H2,1-2H3/t13?,15-,16+/m1/s1. The SMILES string of the molecule is CCC(C)c1cc(C(=O)N2C[C@@H](CN)[C@H](c3ccccc3)C2)on1. The molecule has 1 aromatic heterocycles. The summed E-state index contributed by atoms with van der Waals surface area (Å²) in [6.07, 6.45) is 0.967. The largest absolute Gasteiger partial charge is 0.351 e. The van der Waals surface area contributed by atoms with Crippen LogP contribution in [-0.2, 0) is 0 Å². The van der Waals surface area contributed by atoms with Gasteiger partial charge in [0.15, 0.2) is 0 Å². The van der Waals surface area contributed by atoms with Crippen molar-refractivity contribution in [2.45, 2.75) is 32.1 Å². The molecule has 1 amide bonds. The van der Waals surface area contributed by atoms with Gasteiger partial charge in [0.1, 0.15) is 0 Å². The first-order valence-corrected chi connectivity index (χ1v) is 8.64. The van der Waals surface area contributed by atoms with Gasteiger partial charge in [-0.2, -0.15) is 0 Å². The summed E-state index contributed by atoms with van der Waals surface area (Å²) in [4.78, 5) is 14.6. The van der Waals surface area contributed by atoms with E-state index in [0.717, 1.165) is 12.1 Å². The van der Waals surface area contributed by atoms with E-state index in [1.165, 1.54) is 5.56 Å². The molecule has 0 aliphatic carbocycles. The highest BCUT2D eigenvalue weighted by atomic mass is 16.5. The summed E-state index contributed by atoms with van der Waals surface area (Å²) in [6.45, 7) is 6.08. The zero-order valence-electron chi connectivity index (χ0n) is 14.3. The highest BCUT2D eigenvalue weighted by molar-refractivity contribution is 5.91. The van der Waals surface area contributed by atoms with Crippen LogP contribution in [0, 0.1) is 5.92 Å². The molecule has 24 heavy (non-hydrogen) atoms. The zero-order chi connectivity index (χ0) is 17.1. The molecule has 2 aromatic rings. The molecular formula is C19H25N3O2. The summed E-state index contributed by atoms with van der Waals surface area (Å²) in [7, 11) is 0. The average molecular weight is 327 g/mol. The fourth-order valence-corrected chi connectivity index (χ4v) is 3.34. The molecule has 1 aliphatic heterocycles. The lowest BCUT2D eigenvalue weighted by Gasteiger charge is -2.16. The molecule has 2 heterocycles. The minimum absolute atomic E-state index is 0.0889. The first-order chi connectivity index (χ1) is 11.6. The van der Waals surface area contributed by atoms with Crippen molar-refractivity contribution in [2.24, 2.45) is 11.7 Å². The van der Waals surface area contributed by atoms with E-state index >= 15 is 0 Å². The third-order valence-electron chi connectivity index (χ3n) is 5.12. The first-order valence-electron chi connectivity index (χ1n) is 8.64. The number of carbonyl (C=O) groups is 1. The van der Waals surface area contributed by atoms with Crippen molar-refractivity contribution in [3.8, 4) is 0 Å². The number of amides is 1. The predicted octanol–water partition coefficient (Wildman–Crippen LogP) is 3.00. The molecule has 128 valence electrons. The fraction of sp³-hybridized carbons (Fsp3) is 0.474. The summed E-state index contributed by atoms with van der Waals surface area (Å²) < 4.78 is 5.30. The van der Waals surface area contributed by atoms with Crippen LogP contribution in [0.2, 0.25) is 0 Å². The summed E-state index contributed by atoms with van der Waals surface area (Å²) in [5.41, 5.74) is 8.03. The van der Waals surface area contributed by atoms with E-state index in [1.54, 1.807) is 6.07 Å². The van der Waals surface area contributed by atoms with Crippen LogP contribution in [0.3, 0.4) is 0 Å². The van der Waals surface area contributed by atoms with Crippen LogP contribution >= 0.6 is 0 Å². The highest BCUT2D eigenvalue weighted by Crippen LogP contribution is 2.33. The maximum absolute atomic E-state index is 12.8. The Bertz CT molecular complexity index is 683. The summed E-state index contributed by atoms with van der Waals surface area (Å²) in [6, 6.07) is 12.1. The van der Waals surface area contributed by atoms with Crippen LogP contribution in [0.5, 0.6) is 0 Å². The van der Waals surface area contributed by atoms with Crippen molar-refractivity contribution in [3.05, 3.63) is 53.4 Å². The van der Waals surface area contributed by atoms with Gasteiger partial charge in [0.25, 0.3) is 5.91 Å². The predicted molar refractivity (Wildman–Crippen MR) is 92.8 cm³/mol. The minimum Gasteiger partial charge on any atom is -0.351 e. The van der Waals surface area contributed by atoms with Gasteiger partial charge < -0.3 is 15.2 Å². The maximum atomic E-state index is 12.8. The van der Waals surface area contributed by atoms with E-state index in [4.69, 9.17) is 10.3 Å². The molecule has 3 atom stereocenters. The van der Waals surface area contributed by atoms with Gasteiger partial charge in [0.2, 0.25) is 5.76 Å². The number of likely N-dealkylation sites (tertiary alicyclic amines) is 1. The summed E-state index contributed by atoms with van der Waals surface area (Å²) in [5, 5.41) is 4.05. The second kappa shape index (κ2) is 7.18. The maximum Gasteiger partial charge on any atom is 0.292 e. The number of hydrogen-bond acceptors (Lipinski definition) is 4. The van der Waals surface area contributed by atoms with Crippen LogP contribution < -0.4 is 5.73 Å².